The Kier molecular flexibility index (Phi) is 5.41. The Bertz CT molecular complexity index is 688. The Morgan fingerprint density at radius 3 is 2.72 bits per heavy atom. The van der Waals surface area contributed by atoms with Gasteiger partial charge in [0, 0.05) is 37.7 Å². The molecule has 2 aliphatic heterocycles. The first kappa shape index (κ1) is 17.8. The Labute approximate surface area is 154 Å². The summed E-state index contributed by atoms with van der Waals surface area (Å²) in [7, 11) is -3.32. The topological polar surface area (TPSA) is 64.4 Å². The molecule has 1 atom stereocenters. The third kappa shape index (κ3) is 4.40. The Balaban J connectivity index is 1.58. The molecule has 6 nitrogen and oxygen atoms in total. The molecule has 3 aliphatic rings. The van der Waals surface area contributed by atoms with Crippen molar-refractivity contribution in [2.24, 2.45) is 5.92 Å². The largest absolute Gasteiger partial charge is 0.376 e. The van der Waals surface area contributed by atoms with Crippen LogP contribution in [-0.2, 0) is 27.7 Å². The summed E-state index contributed by atoms with van der Waals surface area (Å²) in [6.45, 7) is 4.28. The molecule has 0 bridgehead atoms. The van der Waals surface area contributed by atoms with Crippen molar-refractivity contribution in [2.75, 3.05) is 37.0 Å². The predicted octanol–water partition coefficient (Wildman–Crippen LogP) is 1.79. The molecule has 8 heteroatoms. The number of sulfone groups is 1. The van der Waals surface area contributed by atoms with Gasteiger partial charge in [0.2, 0.25) is 15.0 Å². The van der Waals surface area contributed by atoms with Crippen LogP contribution in [0.5, 0.6) is 0 Å². The summed E-state index contributed by atoms with van der Waals surface area (Å²) in [4.78, 5) is 6.76. The SMILES string of the molecule is O=S(=O)(CC1CC1)c1ncc(CN2CCSCC2)n1C[C@@H]1CCCO1. The van der Waals surface area contributed by atoms with Gasteiger partial charge in [-0.2, -0.15) is 11.8 Å². The minimum absolute atomic E-state index is 0.111. The van der Waals surface area contributed by atoms with Crippen LogP contribution in [0.4, 0.5) is 0 Å². The molecule has 0 aromatic carbocycles. The van der Waals surface area contributed by atoms with Crippen molar-refractivity contribution in [3.63, 3.8) is 0 Å². The van der Waals surface area contributed by atoms with Gasteiger partial charge in [-0.3, -0.25) is 4.90 Å². The third-order valence-electron chi connectivity index (χ3n) is 5.23. The highest BCUT2D eigenvalue weighted by Crippen LogP contribution is 2.32. The van der Waals surface area contributed by atoms with Crippen LogP contribution in [0.2, 0.25) is 0 Å². The molecule has 1 aliphatic carbocycles. The van der Waals surface area contributed by atoms with Crippen molar-refractivity contribution in [1.82, 2.24) is 14.5 Å². The molecule has 3 fully saturated rings. The second-order valence-electron chi connectivity index (χ2n) is 7.39. The van der Waals surface area contributed by atoms with Crippen molar-refractivity contribution in [3.8, 4) is 0 Å². The summed E-state index contributed by atoms with van der Waals surface area (Å²) in [5.41, 5.74) is 1.01. The van der Waals surface area contributed by atoms with E-state index < -0.39 is 9.84 Å². The lowest BCUT2D eigenvalue weighted by Gasteiger charge is -2.27. The summed E-state index contributed by atoms with van der Waals surface area (Å²) in [6, 6.07) is 0. The molecule has 0 spiro atoms. The van der Waals surface area contributed by atoms with Crippen molar-refractivity contribution in [2.45, 2.75) is 50.0 Å². The van der Waals surface area contributed by atoms with E-state index in [0.717, 1.165) is 69.1 Å². The monoisotopic (exact) mass is 385 g/mol. The van der Waals surface area contributed by atoms with Crippen molar-refractivity contribution in [3.05, 3.63) is 11.9 Å². The minimum Gasteiger partial charge on any atom is -0.376 e. The van der Waals surface area contributed by atoms with Crippen LogP contribution in [0.3, 0.4) is 0 Å². The Morgan fingerprint density at radius 2 is 2.04 bits per heavy atom. The number of hydrogen-bond donors (Lipinski definition) is 0. The van der Waals surface area contributed by atoms with Gasteiger partial charge in [0.05, 0.1) is 30.3 Å². The fourth-order valence-corrected chi connectivity index (χ4v) is 6.43. The minimum atomic E-state index is -3.32. The Morgan fingerprint density at radius 1 is 1.24 bits per heavy atom. The molecule has 0 radical (unpaired) electrons. The molecular formula is C17H27N3O3S2. The van der Waals surface area contributed by atoms with Crippen LogP contribution in [0.25, 0.3) is 0 Å². The number of rotatable bonds is 7. The fourth-order valence-electron chi connectivity index (χ4n) is 3.61. The molecule has 3 heterocycles. The summed E-state index contributed by atoms with van der Waals surface area (Å²) in [5, 5.41) is 0.260. The van der Waals surface area contributed by atoms with Gasteiger partial charge in [0.25, 0.3) is 0 Å². The predicted molar refractivity (Wildman–Crippen MR) is 98.6 cm³/mol. The van der Waals surface area contributed by atoms with Crippen LogP contribution in [0.15, 0.2) is 11.4 Å². The van der Waals surface area contributed by atoms with Gasteiger partial charge in [-0.25, -0.2) is 13.4 Å². The quantitative estimate of drug-likeness (QED) is 0.713. The standard InChI is InChI=1S/C17H27N3O3S2/c21-25(22,13-14-3-4-14)17-18-10-15(11-19-5-8-24-9-6-19)20(17)12-16-2-1-7-23-16/h10,14,16H,1-9,11-13H2/t16-/m0/s1. The van der Waals surface area contributed by atoms with E-state index in [9.17, 15) is 8.42 Å². The number of nitrogens with zero attached hydrogens (tertiary/aromatic N) is 3. The second-order valence-corrected chi connectivity index (χ2v) is 10.5. The molecule has 1 aromatic rings. The maximum Gasteiger partial charge on any atom is 0.227 e. The molecule has 0 unspecified atom stereocenters. The molecule has 1 aromatic heterocycles. The van der Waals surface area contributed by atoms with Crippen molar-refractivity contribution < 1.29 is 13.2 Å². The van der Waals surface area contributed by atoms with Gasteiger partial charge in [-0.1, -0.05) is 0 Å². The van der Waals surface area contributed by atoms with Gasteiger partial charge < -0.3 is 9.30 Å². The van der Waals surface area contributed by atoms with Gasteiger partial charge in [-0.05, 0) is 31.6 Å². The average Bonchev–Trinajstić information content (AvgIpc) is 3.09. The van der Waals surface area contributed by atoms with E-state index in [1.54, 1.807) is 6.20 Å². The smallest absolute Gasteiger partial charge is 0.227 e. The van der Waals surface area contributed by atoms with Crippen LogP contribution >= 0.6 is 11.8 Å². The van der Waals surface area contributed by atoms with E-state index in [0.29, 0.717) is 12.5 Å². The number of ether oxygens (including phenoxy) is 1. The molecule has 1 saturated carbocycles. The second kappa shape index (κ2) is 7.58. The van der Waals surface area contributed by atoms with E-state index in [2.05, 4.69) is 9.88 Å². The van der Waals surface area contributed by atoms with Crippen LogP contribution in [0.1, 0.15) is 31.4 Å². The van der Waals surface area contributed by atoms with Crippen LogP contribution in [-0.4, -0.2) is 65.9 Å². The van der Waals surface area contributed by atoms with E-state index in [-0.39, 0.29) is 17.0 Å². The maximum atomic E-state index is 12.8. The zero-order valence-corrected chi connectivity index (χ0v) is 16.2. The highest BCUT2D eigenvalue weighted by molar-refractivity contribution is 7.99. The molecule has 0 N–H and O–H groups in total. The Hall–Kier alpha value is -0.570. The molecule has 2 saturated heterocycles. The summed E-state index contributed by atoms with van der Waals surface area (Å²) in [5.74, 6) is 2.87. The van der Waals surface area contributed by atoms with E-state index in [1.165, 1.54) is 0 Å². The molecule has 140 valence electrons. The molecule has 25 heavy (non-hydrogen) atoms. The molecule has 4 rings (SSSR count). The normalized spacial score (nSPS) is 25.5. The van der Waals surface area contributed by atoms with E-state index >= 15 is 0 Å². The lowest BCUT2D eigenvalue weighted by molar-refractivity contribution is 0.0933. The van der Waals surface area contributed by atoms with Crippen molar-refractivity contribution >= 4 is 21.6 Å². The lowest BCUT2D eigenvalue weighted by atomic mass is 10.2. The van der Waals surface area contributed by atoms with Gasteiger partial charge in [0.15, 0.2) is 0 Å². The number of imidazole rings is 1. The summed E-state index contributed by atoms with van der Waals surface area (Å²) >= 11 is 1.98. The first-order valence-electron chi connectivity index (χ1n) is 9.31. The number of aromatic nitrogens is 2. The molecular weight excluding hydrogens is 358 g/mol. The fraction of sp³-hybridized carbons (Fsp3) is 0.824. The lowest BCUT2D eigenvalue weighted by Crippen LogP contribution is -2.33. The van der Waals surface area contributed by atoms with Crippen LogP contribution in [0, 0.1) is 5.92 Å². The number of hydrogen-bond acceptors (Lipinski definition) is 6. The first-order chi connectivity index (χ1) is 12.1. The van der Waals surface area contributed by atoms with Gasteiger partial charge in [-0.15, -0.1) is 0 Å². The zero-order valence-electron chi connectivity index (χ0n) is 14.6. The van der Waals surface area contributed by atoms with E-state index in [4.69, 9.17) is 4.74 Å². The highest BCUT2D eigenvalue weighted by Gasteiger charge is 2.33. The summed E-state index contributed by atoms with van der Waals surface area (Å²) < 4.78 is 33.4. The van der Waals surface area contributed by atoms with Crippen molar-refractivity contribution in [1.29, 1.82) is 0 Å². The van der Waals surface area contributed by atoms with Gasteiger partial charge >= 0.3 is 0 Å². The molecule has 0 amide bonds. The average molecular weight is 386 g/mol. The van der Waals surface area contributed by atoms with E-state index in [1.807, 2.05) is 16.3 Å². The maximum absolute atomic E-state index is 12.8. The zero-order chi connectivity index (χ0) is 17.3. The van der Waals surface area contributed by atoms with Gasteiger partial charge in [0.1, 0.15) is 0 Å². The first-order valence-corrected chi connectivity index (χ1v) is 12.1. The van der Waals surface area contributed by atoms with Crippen LogP contribution < -0.4 is 0 Å². The summed E-state index contributed by atoms with van der Waals surface area (Å²) in [6.07, 6.45) is 6.01. The third-order valence-corrected chi connectivity index (χ3v) is 7.97. The number of thioether (sulfide) groups is 1. The highest BCUT2D eigenvalue weighted by atomic mass is 32.2.